The summed E-state index contributed by atoms with van der Waals surface area (Å²) in [5, 5.41) is 18.4. The lowest BCUT2D eigenvalue weighted by Gasteiger charge is -2.38. The molecule has 1 aromatic heterocycles. The van der Waals surface area contributed by atoms with Crippen molar-refractivity contribution in [2.45, 2.75) is 84.8 Å². The molecule has 3 heterocycles. The first-order valence-corrected chi connectivity index (χ1v) is 14.7. The Balaban J connectivity index is 1.30. The standard InChI is InChI=1S/C31H42N6O4/c1-16-14-33-9-8-19(16)20-12-21(20)27(39)36-25(30(2,3)4)29(41)37-15-22-23(31(22,5)6)24(37)28(40)35-18(13-32)11-17-7-10-34-26(17)38/h8-9,14,17-18,20-25H,7,10-12,15H2,1-6H3,(H,34,38)(H,35,40)(H,36,39). The van der Waals surface area contributed by atoms with Gasteiger partial charge in [0.25, 0.3) is 0 Å². The maximum Gasteiger partial charge on any atom is 0.246 e. The number of hydrogen-bond acceptors (Lipinski definition) is 6. The Bertz CT molecular complexity index is 1300. The molecule has 0 radical (unpaired) electrons. The number of aromatic nitrogens is 1. The lowest BCUT2D eigenvalue weighted by Crippen LogP contribution is -2.60. The van der Waals surface area contributed by atoms with Gasteiger partial charge in [-0.15, -0.1) is 0 Å². The van der Waals surface area contributed by atoms with E-state index >= 15 is 0 Å². The summed E-state index contributed by atoms with van der Waals surface area (Å²) in [6, 6.07) is 1.73. The van der Waals surface area contributed by atoms with Crippen LogP contribution in [0.3, 0.4) is 0 Å². The molecular weight excluding hydrogens is 520 g/mol. The van der Waals surface area contributed by atoms with E-state index in [0.29, 0.717) is 19.5 Å². The molecule has 220 valence electrons. The third-order valence-corrected chi connectivity index (χ3v) is 9.91. The fourth-order valence-electron chi connectivity index (χ4n) is 7.16. The molecule has 4 fully saturated rings. The zero-order valence-corrected chi connectivity index (χ0v) is 24.9. The molecule has 41 heavy (non-hydrogen) atoms. The van der Waals surface area contributed by atoms with Crippen LogP contribution in [0.15, 0.2) is 18.5 Å². The highest BCUT2D eigenvalue weighted by Gasteiger charge is 2.70. The van der Waals surface area contributed by atoms with Crippen LogP contribution in [0.4, 0.5) is 0 Å². The molecule has 2 aliphatic heterocycles. The zero-order chi connectivity index (χ0) is 29.9. The van der Waals surface area contributed by atoms with Crippen LogP contribution in [0, 0.1) is 52.8 Å². The summed E-state index contributed by atoms with van der Waals surface area (Å²) in [5.74, 6) is -1.15. The third kappa shape index (κ3) is 5.43. The summed E-state index contributed by atoms with van der Waals surface area (Å²) < 4.78 is 0. The molecule has 2 saturated heterocycles. The molecule has 2 aliphatic carbocycles. The fraction of sp³-hybridized carbons (Fsp3) is 0.677. The van der Waals surface area contributed by atoms with Crippen molar-refractivity contribution in [3.8, 4) is 6.07 Å². The first-order valence-electron chi connectivity index (χ1n) is 14.7. The van der Waals surface area contributed by atoms with Gasteiger partial charge in [0.05, 0.1) is 6.07 Å². The Hall–Kier alpha value is -3.48. The number of carbonyl (C=O) groups is 4. The average Bonchev–Trinajstić information content (AvgIpc) is 3.65. The van der Waals surface area contributed by atoms with E-state index in [1.807, 2.05) is 33.8 Å². The molecule has 8 unspecified atom stereocenters. The molecule has 10 heteroatoms. The second kappa shape index (κ2) is 10.4. The van der Waals surface area contributed by atoms with Gasteiger partial charge in [-0.2, -0.15) is 5.26 Å². The lowest BCUT2D eigenvalue weighted by molar-refractivity contribution is -0.145. The van der Waals surface area contributed by atoms with Crippen LogP contribution in [-0.2, 0) is 19.2 Å². The van der Waals surface area contributed by atoms with Crippen molar-refractivity contribution in [2.75, 3.05) is 13.1 Å². The van der Waals surface area contributed by atoms with Gasteiger partial charge in [0.2, 0.25) is 23.6 Å². The molecule has 0 aromatic carbocycles. The number of nitrogens with zero attached hydrogens (tertiary/aromatic N) is 3. The summed E-state index contributed by atoms with van der Waals surface area (Å²) in [5.41, 5.74) is 1.47. The van der Waals surface area contributed by atoms with Gasteiger partial charge in [-0.3, -0.25) is 24.2 Å². The Morgan fingerprint density at radius 2 is 1.98 bits per heavy atom. The zero-order valence-electron chi connectivity index (χ0n) is 24.9. The average molecular weight is 563 g/mol. The van der Waals surface area contributed by atoms with Crippen LogP contribution >= 0.6 is 0 Å². The van der Waals surface area contributed by atoms with Crippen molar-refractivity contribution >= 4 is 23.6 Å². The highest BCUT2D eigenvalue weighted by molar-refractivity contribution is 5.95. The number of nitriles is 1. The lowest BCUT2D eigenvalue weighted by atomic mass is 9.85. The number of nitrogens with one attached hydrogen (secondary N) is 3. The topological polar surface area (TPSA) is 144 Å². The van der Waals surface area contributed by atoms with Crippen LogP contribution < -0.4 is 16.0 Å². The molecule has 8 atom stereocenters. The number of likely N-dealkylation sites (tertiary alicyclic amines) is 1. The van der Waals surface area contributed by atoms with Gasteiger partial charge in [-0.25, -0.2) is 0 Å². The summed E-state index contributed by atoms with van der Waals surface area (Å²) in [6.07, 6.45) is 5.14. The number of carbonyl (C=O) groups excluding carboxylic acids is 4. The number of hydrogen-bond donors (Lipinski definition) is 3. The van der Waals surface area contributed by atoms with E-state index in [2.05, 4.69) is 40.9 Å². The van der Waals surface area contributed by atoms with E-state index in [-0.39, 0.29) is 65.1 Å². The first-order chi connectivity index (χ1) is 19.3. The molecule has 1 aromatic rings. The van der Waals surface area contributed by atoms with Crippen molar-refractivity contribution in [3.63, 3.8) is 0 Å². The normalized spacial score (nSPS) is 30.9. The molecule has 10 nitrogen and oxygen atoms in total. The van der Waals surface area contributed by atoms with Gasteiger partial charge in [-0.1, -0.05) is 34.6 Å². The highest BCUT2D eigenvalue weighted by Crippen LogP contribution is 2.65. The van der Waals surface area contributed by atoms with E-state index in [1.165, 1.54) is 0 Å². The van der Waals surface area contributed by atoms with Gasteiger partial charge in [0.15, 0.2) is 0 Å². The van der Waals surface area contributed by atoms with E-state index in [4.69, 9.17) is 0 Å². The van der Waals surface area contributed by atoms with Gasteiger partial charge >= 0.3 is 0 Å². The van der Waals surface area contributed by atoms with E-state index in [1.54, 1.807) is 17.3 Å². The number of rotatable bonds is 8. The Morgan fingerprint density at radius 3 is 2.59 bits per heavy atom. The van der Waals surface area contributed by atoms with Crippen LogP contribution in [-0.4, -0.2) is 64.7 Å². The van der Waals surface area contributed by atoms with Gasteiger partial charge in [-0.05, 0) is 72.0 Å². The number of aryl methyl sites for hydroxylation is 1. The van der Waals surface area contributed by atoms with Crippen LogP contribution in [0.2, 0.25) is 0 Å². The minimum Gasteiger partial charge on any atom is -0.356 e. The van der Waals surface area contributed by atoms with E-state index in [0.717, 1.165) is 17.5 Å². The van der Waals surface area contributed by atoms with Crippen molar-refractivity contribution < 1.29 is 19.2 Å². The summed E-state index contributed by atoms with van der Waals surface area (Å²) >= 11 is 0. The Kier molecular flexibility index (Phi) is 7.37. The monoisotopic (exact) mass is 562 g/mol. The molecule has 5 rings (SSSR count). The van der Waals surface area contributed by atoms with Gasteiger partial charge < -0.3 is 20.9 Å². The molecule has 4 amide bonds. The summed E-state index contributed by atoms with van der Waals surface area (Å²) in [7, 11) is 0. The molecule has 0 spiro atoms. The largest absolute Gasteiger partial charge is 0.356 e. The van der Waals surface area contributed by atoms with Crippen LogP contribution in [0.1, 0.15) is 70.9 Å². The smallest absolute Gasteiger partial charge is 0.246 e. The van der Waals surface area contributed by atoms with Gasteiger partial charge in [0, 0.05) is 37.3 Å². The van der Waals surface area contributed by atoms with Crippen LogP contribution in [0.5, 0.6) is 0 Å². The number of fused-ring (bicyclic) bond motifs is 1. The minimum absolute atomic E-state index is 0.0284. The SMILES string of the molecule is Cc1cnccc1C1CC1C(=O)NC(C(=O)N1CC2C(C1C(=O)NC(C#N)CC1CCNC1=O)C2(C)C)C(C)(C)C. The van der Waals surface area contributed by atoms with Crippen LogP contribution in [0.25, 0.3) is 0 Å². The molecular formula is C31H42N6O4. The Morgan fingerprint density at radius 1 is 1.24 bits per heavy atom. The second-order valence-corrected chi connectivity index (χ2v) is 14.1. The second-order valence-electron chi connectivity index (χ2n) is 14.1. The summed E-state index contributed by atoms with van der Waals surface area (Å²) in [6.45, 7) is 13.0. The van der Waals surface area contributed by atoms with Crippen molar-refractivity contribution in [2.24, 2.45) is 34.5 Å². The number of pyridine rings is 1. The van der Waals surface area contributed by atoms with E-state index < -0.39 is 23.5 Å². The van der Waals surface area contributed by atoms with Gasteiger partial charge in [0.1, 0.15) is 18.1 Å². The van der Waals surface area contributed by atoms with Crippen molar-refractivity contribution in [1.82, 2.24) is 25.8 Å². The van der Waals surface area contributed by atoms with Crippen molar-refractivity contribution in [3.05, 3.63) is 29.6 Å². The molecule has 4 aliphatic rings. The molecule has 2 saturated carbocycles. The maximum absolute atomic E-state index is 14.2. The van der Waals surface area contributed by atoms with E-state index in [9.17, 15) is 24.4 Å². The van der Waals surface area contributed by atoms with Crippen molar-refractivity contribution in [1.29, 1.82) is 5.26 Å². The summed E-state index contributed by atoms with van der Waals surface area (Å²) in [4.78, 5) is 59.1. The molecule has 0 bridgehead atoms. The first kappa shape index (κ1) is 29.0. The minimum atomic E-state index is -0.823. The third-order valence-electron chi connectivity index (χ3n) is 9.91. The number of piperidine rings is 1. The predicted molar refractivity (Wildman–Crippen MR) is 151 cm³/mol. The quantitative estimate of drug-likeness (QED) is 0.442. The predicted octanol–water partition coefficient (Wildman–Crippen LogP) is 2.04. The fourth-order valence-corrected chi connectivity index (χ4v) is 7.16. The maximum atomic E-state index is 14.2. The highest BCUT2D eigenvalue weighted by atomic mass is 16.2. The Labute approximate surface area is 242 Å². The number of amides is 4. The molecule has 3 N–H and O–H groups in total.